The third-order valence-corrected chi connectivity index (χ3v) is 6.50. The van der Waals surface area contributed by atoms with Crippen molar-refractivity contribution in [2.24, 2.45) is 0 Å². The number of thiazole rings is 1. The van der Waals surface area contributed by atoms with E-state index in [2.05, 4.69) is 14.9 Å². The zero-order chi connectivity index (χ0) is 18.9. The van der Waals surface area contributed by atoms with Gasteiger partial charge in [0.15, 0.2) is 0 Å². The Morgan fingerprint density at radius 2 is 1.86 bits per heavy atom. The summed E-state index contributed by atoms with van der Waals surface area (Å²) < 4.78 is 6.12. The lowest BCUT2D eigenvalue weighted by Crippen LogP contribution is -2.49. The van der Waals surface area contributed by atoms with Gasteiger partial charge in [-0.25, -0.2) is 4.98 Å². The van der Waals surface area contributed by atoms with E-state index in [9.17, 15) is 4.79 Å². The Morgan fingerprint density at radius 3 is 2.57 bits per heavy atom. The first-order valence-corrected chi connectivity index (χ1v) is 10.6. The van der Waals surface area contributed by atoms with E-state index >= 15 is 0 Å². The first-order valence-electron chi connectivity index (χ1n) is 9.68. The lowest BCUT2D eigenvalue weighted by atomic mass is 9.99. The van der Waals surface area contributed by atoms with E-state index in [0.29, 0.717) is 5.69 Å². The van der Waals surface area contributed by atoms with Gasteiger partial charge in [-0.2, -0.15) is 0 Å². The second-order valence-electron chi connectivity index (χ2n) is 7.40. The average molecular weight is 391 g/mol. The van der Waals surface area contributed by atoms with Gasteiger partial charge in [0.05, 0.1) is 6.20 Å². The number of ether oxygens (including phenoxy) is 1. The molecule has 2 aromatic heterocycles. The molecule has 0 N–H and O–H groups in total. The molecule has 2 aliphatic heterocycles. The Morgan fingerprint density at radius 1 is 1.07 bits per heavy atom. The lowest BCUT2D eigenvalue weighted by molar-refractivity contribution is 0.0354. The second kappa shape index (κ2) is 7.36. The predicted molar refractivity (Wildman–Crippen MR) is 108 cm³/mol. The molecule has 2 aliphatic rings. The van der Waals surface area contributed by atoms with Crippen LogP contribution in [0.3, 0.4) is 0 Å². The summed E-state index contributed by atoms with van der Waals surface area (Å²) in [5, 5.41) is 2.79. The predicted octanol–water partition coefficient (Wildman–Crippen LogP) is 4.42. The van der Waals surface area contributed by atoms with E-state index < -0.39 is 0 Å². The average Bonchev–Trinajstić information content (AvgIpc) is 3.32. The second-order valence-corrected chi connectivity index (χ2v) is 8.26. The number of aromatic nitrogens is 2. The number of pyridine rings is 1. The van der Waals surface area contributed by atoms with Crippen LogP contribution in [-0.2, 0) is 0 Å². The molecule has 2 bridgehead atoms. The van der Waals surface area contributed by atoms with Crippen LogP contribution >= 0.6 is 11.3 Å². The van der Waals surface area contributed by atoms with Crippen molar-refractivity contribution in [1.29, 1.82) is 0 Å². The maximum atomic E-state index is 13.2. The van der Waals surface area contributed by atoms with Crippen molar-refractivity contribution in [3.63, 3.8) is 0 Å². The Hall–Kier alpha value is -2.73. The van der Waals surface area contributed by atoms with Gasteiger partial charge in [-0.05, 0) is 25.0 Å². The third kappa shape index (κ3) is 3.29. The molecule has 142 valence electrons. The number of piperidine rings is 1. The van der Waals surface area contributed by atoms with Gasteiger partial charge < -0.3 is 9.64 Å². The van der Waals surface area contributed by atoms with E-state index in [1.807, 2.05) is 47.8 Å². The van der Waals surface area contributed by atoms with Gasteiger partial charge in [-0.1, -0.05) is 30.3 Å². The van der Waals surface area contributed by atoms with Crippen molar-refractivity contribution in [1.82, 2.24) is 14.9 Å². The number of nitrogens with zero attached hydrogens (tertiary/aromatic N) is 3. The fourth-order valence-electron chi connectivity index (χ4n) is 4.38. The van der Waals surface area contributed by atoms with Crippen molar-refractivity contribution in [3.8, 4) is 16.3 Å². The van der Waals surface area contributed by atoms with E-state index in [1.165, 1.54) is 11.3 Å². The van der Waals surface area contributed by atoms with Gasteiger partial charge in [-0.15, -0.1) is 11.3 Å². The van der Waals surface area contributed by atoms with E-state index in [1.54, 1.807) is 12.4 Å². The number of rotatable bonds is 4. The first-order chi connectivity index (χ1) is 13.8. The number of hydrogen-bond donors (Lipinski definition) is 0. The van der Waals surface area contributed by atoms with Gasteiger partial charge >= 0.3 is 0 Å². The number of carbonyl (C=O) groups excluding carboxylic acids is 1. The molecule has 1 amide bonds. The van der Waals surface area contributed by atoms with Crippen molar-refractivity contribution in [2.75, 3.05) is 0 Å². The summed E-state index contributed by atoms with van der Waals surface area (Å²) >= 11 is 1.53. The summed E-state index contributed by atoms with van der Waals surface area (Å²) in [4.78, 5) is 24.0. The molecule has 0 aliphatic carbocycles. The van der Waals surface area contributed by atoms with Crippen LogP contribution in [0.1, 0.15) is 36.2 Å². The zero-order valence-electron chi connectivity index (χ0n) is 15.4. The van der Waals surface area contributed by atoms with Crippen molar-refractivity contribution in [2.45, 2.75) is 43.9 Å². The molecule has 6 heteroatoms. The quantitative estimate of drug-likeness (QED) is 0.661. The summed E-state index contributed by atoms with van der Waals surface area (Å²) in [7, 11) is 0. The summed E-state index contributed by atoms with van der Waals surface area (Å²) in [6.45, 7) is 0. The highest BCUT2D eigenvalue weighted by atomic mass is 32.1. The Bertz CT molecular complexity index is 946. The van der Waals surface area contributed by atoms with Gasteiger partial charge in [0.1, 0.15) is 22.6 Å². The number of benzene rings is 1. The minimum absolute atomic E-state index is 0.0609. The first kappa shape index (κ1) is 17.4. The van der Waals surface area contributed by atoms with Gasteiger partial charge in [-0.3, -0.25) is 9.78 Å². The fourth-order valence-corrected chi connectivity index (χ4v) is 5.18. The Balaban J connectivity index is 1.30. The molecular formula is C22H21N3O2S. The number of fused-ring (bicyclic) bond motifs is 2. The van der Waals surface area contributed by atoms with E-state index in [4.69, 9.17) is 4.74 Å². The minimum atomic E-state index is 0.0609. The maximum Gasteiger partial charge on any atom is 0.273 e. The molecule has 2 fully saturated rings. The van der Waals surface area contributed by atoms with Gasteiger partial charge in [0.2, 0.25) is 0 Å². The number of hydrogen-bond acceptors (Lipinski definition) is 5. The van der Waals surface area contributed by atoms with Crippen LogP contribution in [0.5, 0.6) is 5.75 Å². The molecule has 4 heterocycles. The summed E-state index contributed by atoms with van der Waals surface area (Å²) in [5.74, 6) is 0.865. The maximum absolute atomic E-state index is 13.2. The molecule has 0 saturated carbocycles. The highest BCUT2D eigenvalue weighted by Gasteiger charge is 2.44. The standard InChI is InChI=1S/C22H21N3O2S/c26-22(20-14-28-21(24-20)15-5-2-1-3-6-15)25-16-8-9-17(25)12-19(11-16)27-18-7-4-10-23-13-18/h1-7,10,13-14,16-17,19H,8-9,11-12H2/t16-,17-/m0/s1. The SMILES string of the molecule is O=C(c1csc(-c2ccccc2)n1)N1[C@H]2CC[C@H]1CC(Oc1cccnc1)C2. The molecule has 3 aromatic rings. The van der Waals surface area contributed by atoms with Crippen molar-refractivity contribution in [3.05, 3.63) is 65.9 Å². The number of amides is 1. The molecule has 1 aromatic carbocycles. The minimum Gasteiger partial charge on any atom is -0.489 e. The van der Waals surface area contributed by atoms with Gasteiger partial charge in [0.25, 0.3) is 5.91 Å². The lowest BCUT2D eigenvalue weighted by Gasteiger charge is -2.38. The Kier molecular flexibility index (Phi) is 4.56. The van der Waals surface area contributed by atoms with Crippen LogP contribution in [0.2, 0.25) is 0 Å². The van der Waals surface area contributed by atoms with E-state index in [0.717, 1.165) is 42.0 Å². The summed E-state index contributed by atoms with van der Waals surface area (Å²) in [5.41, 5.74) is 1.62. The highest BCUT2D eigenvalue weighted by Crippen LogP contribution is 2.38. The largest absolute Gasteiger partial charge is 0.489 e. The monoisotopic (exact) mass is 391 g/mol. The number of carbonyl (C=O) groups is 1. The normalized spacial score (nSPS) is 23.6. The molecule has 5 rings (SSSR count). The molecule has 0 spiro atoms. The third-order valence-electron chi connectivity index (χ3n) is 5.61. The van der Waals surface area contributed by atoms with Crippen LogP contribution < -0.4 is 4.74 Å². The molecule has 0 radical (unpaired) electrons. The van der Waals surface area contributed by atoms with Crippen LogP contribution in [0.25, 0.3) is 10.6 Å². The molecule has 2 atom stereocenters. The smallest absolute Gasteiger partial charge is 0.273 e. The van der Waals surface area contributed by atoms with Crippen LogP contribution in [0, 0.1) is 0 Å². The fraction of sp³-hybridized carbons (Fsp3) is 0.318. The molecule has 0 unspecified atom stereocenters. The van der Waals surface area contributed by atoms with Crippen molar-refractivity contribution >= 4 is 17.2 Å². The van der Waals surface area contributed by atoms with Crippen LogP contribution in [0.4, 0.5) is 0 Å². The Labute approximate surface area is 168 Å². The summed E-state index contributed by atoms with van der Waals surface area (Å²) in [6, 6.07) is 14.3. The highest BCUT2D eigenvalue weighted by molar-refractivity contribution is 7.13. The summed E-state index contributed by atoms with van der Waals surface area (Å²) in [6.07, 6.45) is 7.45. The molecular weight excluding hydrogens is 370 g/mol. The molecule has 28 heavy (non-hydrogen) atoms. The zero-order valence-corrected chi connectivity index (χ0v) is 16.2. The van der Waals surface area contributed by atoms with E-state index in [-0.39, 0.29) is 24.1 Å². The van der Waals surface area contributed by atoms with Crippen molar-refractivity contribution < 1.29 is 9.53 Å². The van der Waals surface area contributed by atoms with Crippen LogP contribution in [0.15, 0.2) is 60.2 Å². The molecule has 2 saturated heterocycles. The molecule has 5 nitrogen and oxygen atoms in total. The topological polar surface area (TPSA) is 55.3 Å². The van der Waals surface area contributed by atoms with Gasteiger partial charge in [0, 0.05) is 42.1 Å². The van der Waals surface area contributed by atoms with Crippen LogP contribution in [-0.4, -0.2) is 39.0 Å².